The Morgan fingerprint density at radius 2 is 1.74 bits per heavy atom. The molecule has 0 bridgehead atoms. The summed E-state index contributed by atoms with van der Waals surface area (Å²) < 4.78 is 5.72. The minimum absolute atomic E-state index is 0.0104. The van der Waals surface area contributed by atoms with Gasteiger partial charge in [0.15, 0.2) is 5.78 Å². The zero-order valence-corrected chi connectivity index (χ0v) is 18.2. The van der Waals surface area contributed by atoms with Crippen LogP contribution in [0, 0.1) is 0 Å². The first-order chi connectivity index (χ1) is 14.9. The second kappa shape index (κ2) is 10.6. The highest BCUT2D eigenvalue weighted by molar-refractivity contribution is 5.94. The number of anilines is 2. The highest BCUT2D eigenvalue weighted by Gasteiger charge is 2.15. The lowest BCUT2D eigenvalue weighted by molar-refractivity contribution is 0.101. The van der Waals surface area contributed by atoms with Crippen LogP contribution in [0.5, 0.6) is 5.75 Å². The first-order valence-electron chi connectivity index (χ1n) is 10.3. The summed E-state index contributed by atoms with van der Waals surface area (Å²) in [4.78, 5) is 19.9. The first-order valence-corrected chi connectivity index (χ1v) is 10.3. The number of benzene rings is 2. The molecule has 0 aliphatic carbocycles. The molecule has 0 amide bonds. The largest absolute Gasteiger partial charge is 0.491 e. The van der Waals surface area contributed by atoms with Crippen LogP contribution in [-0.4, -0.2) is 49.2 Å². The van der Waals surface area contributed by atoms with Gasteiger partial charge >= 0.3 is 0 Å². The maximum Gasteiger partial charge on any atom is 0.159 e. The van der Waals surface area contributed by atoms with Crippen LogP contribution in [-0.2, 0) is 6.54 Å². The van der Waals surface area contributed by atoms with Gasteiger partial charge in [0.2, 0.25) is 0 Å². The molecule has 31 heavy (non-hydrogen) atoms. The first kappa shape index (κ1) is 22.3. The molecular formula is C25H29N3O3. The minimum atomic E-state index is -0.712. The van der Waals surface area contributed by atoms with Gasteiger partial charge in [-0.15, -0.1) is 0 Å². The molecule has 1 unspecified atom stereocenters. The van der Waals surface area contributed by atoms with Gasteiger partial charge in [-0.25, -0.2) is 4.98 Å². The molecular weight excluding hydrogens is 390 g/mol. The van der Waals surface area contributed by atoms with Gasteiger partial charge in [0, 0.05) is 44.6 Å². The average molecular weight is 420 g/mol. The fourth-order valence-corrected chi connectivity index (χ4v) is 3.19. The highest BCUT2D eigenvalue weighted by atomic mass is 16.5. The van der Waals surface area contributed by atoms with Crippen molar-refractivity contribution in [1.82, 2.24) is 4.98 Å². The number of pyridine rings is 1. The number of hydrogen-bond acceptors (Lipinski definition) is 6. The van der Waals surface area contributed by atoms with Crippen LogP contribution in [0.4, 0.5) is 11.5 Å². The topological polar surface area (TPSA) is 65.9 Å². The van der Waals surface area contributed by atoms with Crippen molar-refractivity contribution >= 4 is 17.3 Å². The molecule has 0 saturated carbocycles. The van der Waals surface area contributed by atoms with Crippen molar-refractivity contribution in [2.75, 3.05) is 37.0 Å². The number of hydrogen-bond donors (Lipinski definition) is 1. The molecule has 0 aliphatic rings. The molecule has 0 saturated heterocycles. The van der Waals surface area contributed by atoms with Gasteiger partial charge in [0.1, 0.15) is 24.3 Å². The quantitative estimate of drug-likeness (QED) is 0.504. The minimum Gasteiger partial charge on any atom is -0.491 e. The molecule has 3 rings (SSSR count). The normalized spacial score (nSPS) is 11.6. The van der Waals surface area contributed by atoms with Crippen LogP contribution in [0.2, 0.25) is 0 Å². The van der Waals surface area contributed by atoms with E-state index >= 15 is 0 Å². The van der Waals surface area contributed by atoms with E-state index in [4.69, 9.17) is 4.74 Å². The molecule has 2 aromatic carbocycles. The highest BCUT2D eigenvalue weighted by Crippen LogP contribution is 2.18. The van der Waals surface area contributed by atoms with Gasteiger partial charge < -0.3 is 19.6 Å². The lowest BCUT2D eigenvalue weighted by Gasteiger charge is -2.26. The monoisotopic (exact) mass is 419 g/mol. The molecule has 162 valence electrons. The summed E-state index contributed by atoms with van der Waals surface area (Å²) in [7, 11) is 4.03. The van der Waals surface area contributed by atoms with Crippen molar-refractivity contribution in [3.63, 3.8) is 0 Å². The molecule has 6 nitrogen and oxygen atoms in total. The number of aliphatic hydroxyl groups excluding tert-OH is 1. The van der Waals surface area contributed by atoms with Crippen molar-refractivity contribution < 1.29 is 14.6 Å². The second-order valence-electron chi connectivity index (χ2n) is 7.67. The smallest absolute Gasteiger partial charge is 0.159 e. The second-order valence-corrected chi connectivity index (χ2v) is 7.67. The van der Waals surface area contributed by atoms with E-state index in [1.165, 1.54) is 6.92 Å². The summed E-state index contributed by atoms with van der Waals surface area (Å²) in [5.41, 5.74) is 2.90. The standard InChI is InChI=1S/C25H29N3O3/c1-19(29)21-9-13-24(14-10-21)31-18-23(30)17-28(25-6-4-5-15-26-25)16-20-7-11-22(12-8-20)27(2)3/h4-15,23,30H,16-18H2,1-3H3. The van der Waals surface area contributed by atoms with Crippen molar-refractivity contribution in [3.8, 4) is 5.75 Å². The Morgan fingerprint density at radius 1 is 1.03 bits per heavy atom. The maximum atomic E-state index is 11.4. The Labute approximate surface area is 183 Å². The molecule has 3 aromatic rings. The van der Waals surface area contributed by atoms with Crippen LogP contribution in [0.3, 0.4) is 0 Å². The van der Waals surface area contributed by atoms with E-state index in [9.17, 15) is 9.90 Å². The summed E-state index contributed by atoms with van der Waals surface area (Å²) in [5, 5.41) is 10.6. The van der Waals surface area contributed by atoms with Gasteiger partial charge in [-0.3, -0.25) is 4.79 Å². The van der Waals surface area contributed by atoms with Gasteiger partial charge in [-0.05, 0) is 61.0 Å². The average Bonchev–Trinajstić information content (AvgIpc) is 2.78. The molecule has 0 fully saturated rings. The summed E-state index contributed by atoms with van der Waals surface area (Å²) in [6.45, 7) is 2.66. The summed E-state index contributed by atoms with van der Waals surface area (Å²) in [6, 6.07) is 21.0. The molecule has 0 spiro atoms. The number of ether oxygens (including phenoxy) is 1. The molecule has 0 radical (unpaired) electrons. The summed E-state index contributed by atoms with van der Waals surface area (Å²) >= 11 is 0. The predicted molar refractivity (Wildman–Crippen MR) is 124 cm³/mol. The number of ketones is 1. The zero-order chi connectivity index (χ0) is 22.2. The zero-order valence-electron chi connectivity index (χ0n) is 18.2. The van der Waals surface area contributed by atoms with E-state index in [1.54, 1.807) is 30.5 Å². The van der Waals surface area contributed by atoms with Crippen LogP contribution in [0.1, 0.15) is 22.8 Å². The molecule has 1 atom stereocenters. The molecule has 6 heteroatoms. The number of Topliss-reactive ketones (excluding diaryl/α,β-unsaturated/α-hetero) is 1. The van der Waals surface area contributed by atoms with Crippen molar-refractivity contribution in [1.29, 1.82) is 0 Å². The van der Waals surface area contributed by atoms with Crippen molar-refractivity contribution in [2.45, 2.75) is 19.6 Å². The van der Waals surface area contributed by atoms with E-state index in [2.05, 4.69) is 34.1 Å². The van der Waals surface area contributed by atoms with Crippen LogP contribution >= 0.6 is 0 Å². The lowest BCUT2D eigenvalue weighted by atomic mass is 10.1. The van der Waals surface area contributed by atoms with Gasteiger partial charge in [0.25, 0.3) is 0 Å². The van der Waals surface area contributed by atoms with E-state index in [0.29, 0.717) is 24.4 Å². The fraction of sp³-hybridized carbons (Fsp3) is 0.280. The summed E-state index contributed by atoms with van der Waals surface area (Å²) in [5.74, 6) is 1.42. The van der Waals surface area contributed by atoms with Gasteiger partial charge in [0.05, 0.1) is 0 Å². The number of rotatable bonds is 10. The van der Waals surface area contributed by atoms with Crippen molar-refractivity contribution in [2.24, 2.45) is 0 Å². The molecule has 1 aromatic heterocycles. The summed E-state index contributed by atoms with van der Waals surface area (Å²) in [6.07, 6.45) is 1.03. The van der Waals surface area contributed by atoms with Crippen LogP contribution in [0.15, 0.2) is 72.9 Å². The van der Waals surface area contributed by atoms with Crippen molar-refractivity contribution in [3.05, 3.63) is 84.1 Å². The SMILES string of the molecule is CC(=O)c1ccc(OCC(O)CN(Cc2ccc(N(C)C)cc2)c2ccccn2)cc1. The molecule has 1 N–H and O–H groups in total. The lowest BCUT2D eigenvalue weighted by Crippen LogP contribution is -2.35. The molecule has 0 aliphatic heterocycles. The Balaban J connectivity index is 1.64. The fourth-order valence-electron chi connectivity index (χ4n) is 3.19. The Bertz CT molecular complexity index is 958. The number of nitrogens with zero attached hydrogens (tertiary/aromatic N) is 3. The number of carbonyl (C=O) groups is 1. The number of aliphatic hydroxyl groups is 1. The van der Waals surface area contributed by atoms with E-state index in [1.807, 2.05) is 37.2 Å². The third kappa shape index (κ3) is 6.55. The van der Waals surface area contributed by atoms with Crippen LogP contribution < -0.4 is 14.5 Å². The predicted octanol–water partition coefficient (Wildman–Crippen LogP) is 3.80. The third-order valence-corrected chi connectivity index (χ3v) is 4.93. The number of aromatic nitrogens is 1. The third-order valence-electron chi connectivity index (χ3n) is 4.93. The Morgan fingerprint density at radius 3 is 2.32 bits per heavy atom. The maximum absolute atomic E-state index is 11.4. The Hall–Kier alpha value is -3.38. The van der Waals surface area contributed by atoms with E-state index in [-0.39, 0.29) is 12.4 Å². The molecule has 1 heterocycles. The van der Waals surface area contributed by atoms with E-state index < -0.39 is 6.10 Å². The number of carbonyl (C=O) groups excluding carboxylic acids is 1. The Kier molecular flexibility index (Phi) is 7.62. The van der Waals surface area contributed by atoms with Crippen LogP contribution in [0.25, 0.3) is 0 Å². The van der Waals surface area contributed by atoms with E-state index in [0.717, 1.165) is 17.1 Å². The van der Waals surface area contributed by atoms with Gasteiger partial charge in [-0.2, -0.15) is 0 Å². The van der Waals surface area contributed by atoms with Gasteiger partial charge in [-0.1, -0.05) is 18.2 Å².